The molecule has 0 fully saturated rings. The second-order valence-electron chi connectivity index (χ2n) is 9.65. The molecule has 2 N–H and O–H groups in total. The van der Waals surface area contributed by atoms with Gasteiger partial charge in [-0.1, -0.05) is 77.3 Å². The summed E-state index contributed by atoms with van der Waals surface area (Å²) in [7, 11) is 1.54. The number of rotatable bonds is 13. The van der Waals surface area contributed by atoms with Crippen molar-refractivity contribution >= 4 is 52.8 Å². The van der Waals surface area contributed by atoms with Gasteiger partial charge in [0.05, 0.1) is 18.3 Å². The fourth-order valence-electron chi connectivity index (χ4n) is 4.04. The third kappa shape index (κ3) is 9.64. The maximum Gasteiger partial charge on any atom is 0.262 e. The molecular formula is C33H30Cl3N3O5. The molecule has 4 rings (SSSR count). The number of ether oxygens (including phenoxy) is 3. The molecule has 0 radical (unpaired) electrons. The van der Waals surface area contributed by atoms with Crippen molar-refractivity contribution < 1.29 is 23.8 Å². The van der Waals surface area contributed by atoms with Crippen LogP contribution in [0.15, 0.2) is 96.1 Å². The van der Waals surface area contributed by atoms with Crippen molar-refractivity contribution in [2.45, 2.75) is 32.1 Å². The zero-order valence-electron chi connectivity index (χ0n) is 23.9. The summed E-state index contributed by atoms with van der Waals surface area (Å²) in [6.07, 6.45) is 0.755. The first-order chi connectivity index (χ1) is 21.2. The van der Waals surface area contributed by atoms with E-state index in [2.05, 4.69) is 15.8 Å². The Kier molecular flexibility index (Phi) is 11.9. The van der Waals surface area contributed by atoms with Crippen LogP contribution >= 0.6 is 34.8 Å². The lowest BCUT2D eigenvalue weighted by Gasteiger charge is -2.21. The molecule has 44 heavy (non-hydrogen) atoms. The molecule has 4 aromatic rings. The van der Waals surface area contributed by atoms with E-state index in [-0.39, 0.29) is 11.4 Å². The van der Waals surface area contributed by atoms with Crippen LogP contribution in [0.4, 0.5) is 0 Å². The molecule has 0 saturated heterocycles. The van der Waals surface area contributed by atoms with Gasteiger partial charge in [-0.3, -0.25) is 9.59 Å². The third-order valence-corrected chi connectivity index (χ3v) is 7.15. The van der Waals surface area contributed by atoms with Gasteiger partial charge < -0.3 is 19.5 Å². The Labute approximate surface area is 270 Å². The van der Waals surface area contributed by atoms with Crippen molar-refractivity contribution in [2.75, 3.05) is 7.11 Å². The number of halogens is 3. The van der Waals surface area contributed by atoms with Crippen molar-refractivity contribution in [3.63, 3.8) is 0 Å². The lowest BCUT2D eigenvalue weighted by molar-refractivity contribution is -0.132. The predicted molar refractivity (Wildman–Crippen MR) is 173 cm³/mol. The number of carbonyl (C=O) groups is 2. The maximum absolute atomic E-state index is 13.2. The topological polar surface area (TPSA) is 98.2 Å². The molecule has 8 nitrogen and oxygen atoms in total. The summed E-state index contributed by atoms with van der Waals surface area (Å²) >= 11 is 18.1. The number of hydrogen-bond donors (Lipinski definition) is 2. The highest BCUT2D eigenvalue weighted by atomic mass is 35.5. The van der Waals surface area contributed by atoms with Crippen LogP contribution in [0.2, 0.25) is 15.1 Å². The number of hydrogen-bond acceptors (Lipinski definition) is 6. The van der Waals surface area contributed by atoms with Crippen LogP contribution in [0.3, 0.4) is 0 Å². The maximum atomic E-state index is 13.2. The summed E-state index contributed by atoms with van der Waals surface area (Å²) in [6.45, 7) is 1.90. The summed E-state index contributed by atoms with van der Waals surface area (Å²) < 4.78 is 17.1. The van der Waals surface area contributed by atoms with Crippen LogP contribution in [0.25, 0.3) is 0 Å². The van der Waals surface area contributed by atoms with Crippen LogP contribution in [0.5, 0.6) is 17.2 Å². The summed E-state index contributed by atoms with van der Waals surface area (Å²) in [5.74, 6) is 0.327. The number of methoxy groups -OCH3 is 1. The lowest BCUT2D eigenvalue weighted by Crippen LogP contribution is -2.50. The summed E-state index contributed by atoms with van der Waals surface area (Å²) in [5, 5.41) is 8.22. The summed E-state index contributed by atoms with van der Waals surface area (Å²) in [5.41, 5.74) is 4.99. The Hall–Kier alpha value is -4.24. The zero-order chi connectivity index (χ0) is 31.5. The molecule has 0 aliphatic heterocycles. The summed E-state index contributed by atoms with van der Waals surface area (Å²) in [4.78, 5) is 26.2. The van der Waals surface area contributed by atoms with Crippen LogP contribution in [0, 0.1) is 0 Å². The molecule has 0 aliphatic rings. The highest BCUT2D eigenvalue weighted by molar-refractivity contribution is 6.35. The third-order valence-electron chi connectivity index (χ3n) is 6.37. The van der Waals surface area contributed by atoms with Gasteiger partial charge in [0.15, 0.2) is 17.6 Å². The van der Waals surface area contributed by atoms with Crippen molar-refractivity contribution in [3.05, 3.63) is 123 Å². The van der Waals surface area contributed by atoms with Gasteiger partial charge in [-0.25, -0.2) is 5.43 Å². The highest BCUT2D eigenvalue weighted by Crippen LogP contribution is 2.29. The molecular weight excluding hydrogens is 625 g/mol. The molecule has 0 spiro atoms. The molecule has 0 aromatic heterocycles. The largest absolute Gasteiger partial charge is 0.493 e. The monoisotopic (exact) mass is 653 g/mol. The molecule has 0 saturated carbocycles. The van der Waals surface area contributed by atoms with Gasteiger partial charge in [0, 0.05) is 16.5 Å². The average Bonchev–Trinajstić information content (AvgIpc) is 3.02. The summed E-state index contributed by atoms with van der Waals surface area (Å²) in [6, 6.07) is 25.7. The SMILES string of the molecule is COc1cc(/C=N\NC(=O)[C@H](Cc2ccccc2)NC(=O)[C@@H](C)Oc2ccc(Cl)cc2Cl)ccc1OCc1ccc(Cl)cc1. The van der Waals surface area contributed by atoms with E-state index in [0.29, 0.717) is 39.5 Å². The molecule has 0 heterocycles. The van der Waals surface area contributed by atoms with Crippen molar-refractivity contribution in [3.8, 4) is 17.2 Å². The fraction of sp³-hybridized carbons (Fsp3) is 0.182. The number of hydrazone groups is 1. The first-order valence-electron chi connectivity index (χ1n) is 13.6. The van der Waals surface area contributed by atoms with Crippen molar-refractivity contribution in [1.29, 1.82) is 0 Å². The number of carbonyl (C=O) groups excluding carboxylic acids is 2. The van der Waals surface area contributed by atoms with Gasteiger partial charge >= 0.3 is 0 Å². The molecule has 4 aromatic carbocycles. The van der Waals surface area contributed by atoms with E-state index in [0.717, 1.165) is 11.1 Å². The van der Waals surface area contributed by atoms with E-state index in [1.54, 1.807) is 49.4 Å². The molecule has 228 valence electrons. The van der Waals surface area contributed by atoms with Crippen LogP contribution in [-0.4, -0.2) is 37.3 Å². The van der Waals surface area contributed by atoms with Crippen molar-refractivity contribution in [2.24, 2.45) is 5.10 Å². The number of nitrogens with zero attached hydrogens (tertiary/aromatic N) is 1. The second-order valence-corrected chi connectivity index (χ2v) is 10.9. The minimum absolute atomic E-state index is 0.232. The highest BCUT2D eigenvalue weighted by Gasteiger charge is 2.25. The van der Waals surface area contributed by atoms with Gasteiger partial charge in [0.25, 0.3) is 11.8 Å². The predicted octanol–water partition coefficient (Wildman–Crippen LogP) is 6.88. The molecule has 0 unspecified atom stereocenters. The van der Waals surface area contributed by atoms with E-state index < -0.39 is 24.0 Å². The van der Waals surface area contributed by atoms with E-state index >= 15 is 0 Å². The smallest absolute Gasteiger partial charge is 0.262 e. The zero-order valence-corrected chi connectivity index (χ0v) is 26.2. The molecule has 2 atom stereocenters. The standard InChI is InChI=1S/C33H30Cl3N3O5/c1-21(44-29-15-13-26(35)18-27(29)36)32(40)38-28(16-22-6-4-3-5-7-22)33(41)39-37-19-24-10-14-30(31(17-24)42-2)43-20-23-8-11-25(34)12-9-23/h3-15,17-19,21,28H,16,20H2,1-2H3,(H,38,40)(H,39,41)/b37-19-/t21-,28+/m1/s1. The van der Waals surface area contributed by atoms with Crippen LogP contribution in [0.1, 0.15) is 23.6 Å². The lowest BCUT2D eigenvalue weighted by atomic mass is 10.1. The number of benzene rings is 4. The van der Waals surface area contributed by atoms with Crippen LogP contribution < -0.4 is 25.0 Å². The van der Waals surface area contributed by atoms with Crippen LogP contribution in [-0.2, 0) is 22.6 Å². The molecule has 0 aliphatic carbocycles. The van der Waals surface area contributed by atoms with Crippen molar-refractivity contribution in [1.82, 2.24) is 10.7 Å². The van der Waals surface area contributed by atoms with E-state index in [1.165, 1.54) is 19.4 Å². The quantitative estimate of drug-likeness (QED) is 0.121. The fourth-order valence-corrected chi connectivity index (χ4v) is 4.62. The Morgan fingerprint density at radius 2 is 1.52 bits per heavy atom. The Morgan fingerprint density at radius 3 is 2.23 bits per heavy atom. The van der Waals surface area contributed by atoms with Gasteiger partial charge in [0.1, 0.15) is 18.4 Å². The molecule has 11 heteroatoms. The van der Waals surface area contributed by atoms with Gasteiger partial charge in [-0.2, -0.15) is 5.10 Å². The molecule has 0 bridgehead atoms. The first-order valence-corrected chi connectivity index (χ1v) is 14.7. The van der Waals surface area contributed by atoms with E-state index in [4.69, 9.17) is 49.0 Å². The minimum atomic E-state index is -0.948. The van der Waals surface area contributed by atoms with E-state index in [1.807, 2.05) is 42.5 Å². The Bertz CT molecular complexity index is 1600. The Balaban J connectivity index is 1.40. The minimum Gasteiger partial charge on any atom is -0.493 e. The van der Waals surface area contributed by atoms with Gasteiger partial charge in [-0.15, -0.1) is 0 Å². The number of amides is 2. The second kappa shape index (κ2) is 16.0. The Morgan fingerprint density at radius 1 is 0.818 bits per heavy atom. The normalized spacial score (nSPS) is 12.3. The molecule has 2 amide bonds. The number of nitrogens with one attached hydrogen (secondary N) is 2. The van der Waals surface area contributed by atoms with E-state index in [9.17, 15) is 9.59 Å². The average molecular weight is 655 g/mol. The first kappa shape index (κ1) is 32.7. The van der Waals surface area contributed by atoms with Gasteiger partial charge in [-0.05, 0) is 72.1 Å². The van der Waals surface area contributed by atoms with Gasteiger partial charge in [0.2, 0.25) is 0 Å².